The predicted octanol–water partition coefficient (Wildman–Crippen LogP) is 3.18. The summed E-state index contributed by atoms with van der Waals surface area (Å²) in [5.41, 5.74) is 0.428. The molecule has 0 aliphatic heterocycles. The highest BCUT2D eigenvalue weighted by molar-refractivity contribution is 5.82. The third-order valence-electron chi connectivity index (χ3n) is 3.39. The van der Waals surface area contributed by atoms with Crippen LogP contribution in [0.3, 0.4) is 0 Å². The number of rotatable bonds is 3. The van der Waals surface area contributed by atoms with Crippen molar-refractivity contribution in [1.82, 2.24) is 0 Å². The van der Waals surface area contributed by atoms with Gasteiger partial charge in [0.05, 0.1) is 19.6 Å². The van der Waals surface area contributed by atoms with Gasteiger partial charge >= 0.3 is 0 Å². The van der Waals surface area contributed by atoms with Crippen LogP contribution in [0.2, 0.25) is 0 Å². The van der Waals surface area contributed by atoms with Crippen LogP contribution in [0, 0.1) is 0 Å². The van der Waals surface area contributed by atoms with Crippen LogP contribution >= 0.6 is 0 Å². The van der Waals surface area contributed by atoms with Crippen molar-refractivity contribution >= 4 is 11.0 Å². The molecule has 3 aromatic rings. The van der Waals surface area contributed by atoms with Crippen LogP contribution in [0.15, 0.2) is 51.7 Å². The Hall–Kier alpha value is -2.95. The van der Waals surface area contributed by atoms with Gasteiger partial charge in [-0.2, -0.15) is 0 Å². The molecule has 0 saturated carbocycles. The second-order valence-electron chi connectivity index (χ2n) is 4.71. The van der Waals surface area contributed by atoms with Crippen LogP contribution in [0.5, 0.6) is 17.2 Å². The highest BCUT2D eigenvalue weighted by Crippen LogP contribution is 2.34. The van der Waals surface area contributed by atoms with Crippen molar-refractivity contribution in [2.75, 3.05) is 14.2 Å². The first-order valence-corrected chi connectivity index (χ1v) is 6.62. The number of methoxy groups -OCH3 is 2. The van der Waals surface area contributed by atoms with Gasteiger partial charge in [0.15, 0.2) is 5.76 Å². The van der Waals surface area contributed by atoms with Gasteiger partial charge < -0.3 is 19.0 Å². The van der Waals surface area contributed by atoms with E-state index in [1.54, 1.807) is 42.5 Å². The standard InChI is InChI=1S/C17H14O5/c1-20-11-7-10(8-12(9-11)21-2)17-16(19)15(18)13-5-3-4-6-14(13)22-17/h3-9,19H,1-2H3. The van der Waals surface area contributed by atoms with E-state index in [0.29, 0.717) is 28.0 Å². The molecule has 0 amide bonds. The molecule has 5 nitrogen and oxygen atoms in total. The van der Waals surface area contributed by atoms with Gasteiger partial charge in [-0.25, -0.2) is 0 Å². The maximum atomic E-state index is 12.3. The molecule has 1 aromatic heterocycles. The lowest BCUT2D eigenvalue weighted by atomic mass is 10.1. The summed E-state index contributed by atoms with van der Waals surface area (Å²) in [5.74, 6) is 0.712. The van der Waals surface area contributed by atoms with E-state index in [2.05, 4.69) is 0 Å². The molecule has 0 unspecified atom stereocenters. The minimum Gasteiger partial charge on any atom is -0.502 e. The van der Waals surface area contributed by atoms with Gasteiger partial charge in [0.25, 0.3) is 0 Å². The molecule has 5 heteroatoms. The number of para-hydroxylation sites is 1. The fraction of sp³-hybridized carbons (Fsp3) is 0.118. The first-order valence-electron chi connectivity index (χ1n) is 6.62. The zero-order chi connectivity index (χ0) is 15.7. The van der Waals surface area contributed by atoms with E-state index in [9.17, 15) is 9.90 Å². The van der Waals surface area contributed by atoms with Crippen molar-refractivity contribution < 1.29 is 19.0 Å². The summed E-state index contributed by atoms with van der Waals surface area (Å²) in [4.78, 5) is 12.3. The van der Waals surface area contributed by atoms with Crippen LogP contribution < -0.4 is 14.9 Å². The van der Waals surface area contributed by atoms with Gasteiger partial charge in [-0.1, -0.05) is 12.1 Å². The maximum Gasteiger partial charge on any atom is 0.235 e. The van der Waals surface area contributed by atoms with Crippen molar-refractivity contribution in [2.45, 2.75) is 0 Å². The molecule has 0 aliphatic carbocycles. The normalized spacial score (nSPS) is 10.6. The van der Waals surface area contributed by atoms with Gasteiger partial charge in [0.1, 0.15) is 17.1 Å². The van der Waals surface area contributed by atoms with Crippen molar-refractivity contribution in [3.05, 3.63) is 52.7 Å². The van der Waals surface area contributed by atoms with E-state index < -0.39 is 11.2 Å². The molecular formula is C17H14O5. The number of hydrogen-bond donors (Lipinski definition) is 1. The molecule has 22 heavy (non-hydrogen) atoms. The summed E-state index contributed by atoms with van der Waals surface area (Å²) in [7, 11) is 3.05. The molecule has 0 aliphatic rings. The summed E-state index contributed by atoms with van der Waals surface area (Å²) in [6.45, 7) is 0. The van der Waals surface area contributed by atoms with Crippen LogP contribution in [0.4, 0.5) is 0 Å². The van der Waals surface area contributed by atoms with Crippen molar-refractivity contribution in [1.29, 1.82) is 0 Å². The van der Waals surface area contributed by atoms with E-state index in [-0.39, 0.29) is 5.76 Å². The second-order valence-corrected chi connectivity index (χ2v) is 4.71. The maximum absolute atomic E-state index is 12.3. The van der Waals surface area contributed by atoms with Gasteiger partial charge in [-0.3, -0.25) is 4.79 Å². The van der Waals surface area contributed by atoms with Crippen LogP contribution in [0.1, 0.15) is 0 Å². The summed E-state index contributed by atoms with van der Waals surface area (Å²) in [6.07, 6.45) is 0. The molecule has 3 rings (SSSR count). The zero-order valence-electron chi connectivity index (χ0n) is 12.1. The van der Waals surface area contributed by atoms with Crippen LogP contribution in [0.25, 0.3) is 22.3 Å². The Morgan fingerprint density at radius 2 is 1.64 bits per heavy atom. The zero-order valence-corrected chi connectivity index (χ0v) is 12.1. The number of benzene rings is 2. The lowest BCUT2D eigenvalue weighted by molar-refractivity contribution is 0.394. The average Bonchev–Trinajstić information content (AvgIpc) is 2.57. The summed E-state index contributed by atoms with van der Waals surface area (Å²) >= 11 is 0. The first-order chi connectivity index (χ1) is 10.6. The lowest BCUT2D eigenvalue weighted by Crippen LogP contribution is -2.02. The Kier molecular flexibility index (Phi) is 3.47. The predicted molar refractivity (Wildman–Crippen MR) is 82.7 cm³/mol. The average molecular weight is 298 g/mol. The SMILES string of the molecule is COc1cc(OC)cc(-c2oc3ccccc3c(=O)c2O)c1. The number of aromatic hydroxyl groups is 1. The molecule has 0 spiro atoms. The molecule has 0 atom stereocenters. The Balaban J connectivity index is 2.30. The minimum atomic E-state index is -0.473. The van der Waals surface area contributed by atoms with E-state index in [1.165, 1.54) is 14.2 Å². The summed E-state index contributed by atoms with van der Waals surface area (Å²) in [5, 5.41) is 10.5. The van der Waals surface area contributed by atoms with Crippen LogP contribution in [-0.2, 0) is 0 Å². The molecule has 1 N–H and O–H groups in total. The quantitative estimate of drug-likeness (QED) is 0.804. The largest absolute Gasteiger partial charge is 0.502 e. The highest BCUT2D eigenvalue weighted by atomic mass is 16.5. The highest BCUT2D eigenvalue weighted by Gasteiger charge is 2.16. The summed E-state index contributed by atoms with van der Waals surface area (Å²) < 4.78 is 16.1. The van der Waals surface area contributed by atoms with Gasteiger partial charge in [-0.15, -0.1) is 0 Å². The Morgan fingerprint density at radius 3 is 2.27 bits per heavy atom. The summed E-state index contributed by atoms with van der Waals surface area (Å²) in [6, 6.07) is 11.8. The molecule has 2 aromatic carbocycles. The number of hydrogen-bond acceptors (Lipinski definition) is 5. The molecule has 0 radical (unpaired) electrons. The third-order valence-corrected chi connectivity index (χ3v) is 3.39. The molecule has 112 valence electrons. The fourth-order valence-corrected chi connectivity index (χ4v) is 2.27. The molecule has 0 bridgehead atoms. The second kappa shape index (κ2) is 5.44. The van der Waals surface area contributed by atoms with Crippen molar-refractivity contribution in [3.8, 4) is 28.6 Å². The first kappa shape index (κ1) is 14.0. The van der Waals surface area contributed by atoms with E-state index in [4.69, 9.17) is 13.9 Å². The number of ether oxygens (including phenoxy) is 2. The van der Waals surface area contributed by atoms with Crippen LogP contribution in [-0.4, -0.2) is 19.3 Å². The lowest BCUT2D eigenvalue weighted by Gasteiger charge is -2.09. The van der Waals surface area contributed by atoms with Gasteiger partial charge in [0, 0.05) is 11.6 Å². The monoisotopic (exact) mass is 298 g/mol. The molecular weight excluding hydrogens is 284 g/mol. The Morgan fingerprint density at radius 1 is 1.00 bits per heavy atom. The van der Waals surface area contributed by atoms with E-state index in [0.717, 1.165) is 0 Å². The molecule has 1 heterocycles. The molecule has 0 saturated heterocycles. The third kappa shape index (κ3) is 2.26. The Labute approximate surface area is 126 Å². The Bertz CT molecular complexity index is 873. The van der Waals surface area contributed by atoms with Gasteiger partial charge in [0.2, 0.25) is 11.2 Å². The minimum absolute atomic E-state index is 0.0842. The van der Waals surface area contributed by atoms with Gasteiger partial charge in [-0.05, 0) is 24.3 Å². The van der Waals surface area contributed by atoms with E-state index >= 15 is 0 Å². The van der Waals surface area contributed by atoms with E-state index in [1.807, 2.05) is 0 Å². The fourth-order valence-electron chi connectivity index (χ4n) is 2.27. The smallest absolute Gasteiger partial charge is 0.235 e. The van der Waals surface area contributed by atoms with Crippen molar-refractivity contribution in [2.24, 2.45) is 0 Å². The van der Waals surface area contributed by atoms with Crippen molar-refractivity contribution in [3.63, 3.8) is 0 Å². The topological polar surface area (TPSA) is 68.9 Å². The molecule has 0 fully saturated rings. The number of fused-ring (bicyclic) bond motifs is 1.